The van der Waals surface area contributed by atoms with E-state index in [2.05, 4.69) is 13.1 Å². The number of hydrogen-bond acceptors (Lipinski definition) is 11. The Hall–Kier alpha value is -1.03. The molecule has 2 heterocycles. The van der Waals surface area contributed by atoms with Gasteiger partial charge in [-0.2, -0.15) is 8.62 Å². The number of aliphatic hydroxyl groups excluding tert-OH is 2. The van der Waals surface area contributed by atoms with Crippen LogP contribution >= 0.6 is 23.5 Å². The fourth-order valence-electron chi connectivity index (χ4n) is 2.65. The molecule has 6 N–H and O–H groups in total. The predicted octanol–water partition coefficient (Wildman–Crippen LogP) is -2.41. The molecule has 1 aliphatic heterocycles. The number of aryl methyl sites for hydroxylation is 1. The number of ether oxygens (including phenoxy) is 1. The van der Waals surface area contributed by atoms with Gasteiger partial charge in [-0.3, -0.25) is 13.9 Å². The smallest absolute Gasteiger partial charge is 0.387 e. The molecule has 1 saturated heterocycles. The molecule has 178 valence electrons. The number of phosphoric ester groups is 1. The van der Waals surface area contributed by atoms with E-state index in [1.54, 1.807) is 0 Å². The van der Waals surface area contributed by atoms with Gasteiger partial charge in [0.2, 0.25) is 0 Å². The van der Waals surface area contributed by atoms with E-state index in [0.29, 0.717) is 0 Å². The first kappa shape index (κ1) is 26.2. The Morgan fingerprint density at radius 3 is 2.13 bits per heavy atom. The largest absolute Gasteiger partial charge is 0.490 e. The molecule has 0 radical (unpaired) electrons. The summed E-state index contributed by atoms with van der Waals surface area (Å²) in [5.41, 5.74) is -1.74. The normalized spacial score (nSPS) is 28.3. The highest BCUT2D eigenvalue weighted by Crippen LogP contribution is 2.66. The molecule has 31 heavy (non-hydrogen) atoms. The van der Waals surface area contributed by atoms with E-state index >= 15 is 0 Å². The first-order chi connectivity index (χ1) is 13.9. The van der Waals surface area contributed by atoms with Crippen molar-refractivity contribution >= 4 is 23.5 Å². The number of nitrogens with zero attached hydrogens (tertiary/aromatic N) is 2. The van der Waals surface area contributed by atoms with Crippen molar-refractivity contribution in [2.45, 2.75) is 24.4 Å². The van der Waals surface area contributed by atoms with Crippen molar-refractivity contribution < 1.29 is 61.4 Å². The van der Waals surface area contributed by atoms with Gasteiger partial charge in [0.05, 0.1) is 12.2 Å². The van der Waals surface area contributed by atoms with E-state index < -0.39 is 65.7 Å². The standard InChI is InChI=1S/C11H19N2O15P3/c1-12-3-5(10(16)13(2)11(12)17)9-8(15)7(14)6(26-9)4-25-30(21,22)28-31(23,24)27-29(18,19)20/h3,6-9,14-15H,4H2,1-2H3,(H,21,22)(H,23,24)(H2,18,19,20). The molecule has 0 aromatic carbocycles. The van der Waals surface area contributed by atoms with Crippen LogP contribution in [0.3, 0.4) is 0 Å². The average molecular weight is 512 g/mol. The van der Waals surface area contributed by atoms with E-state index in [4.69, 9.17) is 19.4 Å². The maximum absolute atomic E-state index is 12.3. The van der Waals surface area contributed by atoms with Gasteiger partial charge in [-0.15, -0.1) is 0 Å². The summed E-state index contributed by atoms with van der Waals surface area (Å²) in [5, 5.41) is 20.3. The monoisotopic (exact) mass is 512 g/mol. The van der Waals surface area contributed by atoms with E-state index in [1.807, 2.05) is 0 Å². The van der Waals surface area contributed by atoms with Gasteiger partial charge in [0.25, 0.3) is 5.56 Å². The van der Waals surface area contributed by atoms with Gasteiger partial charge in [-0.25, -0.2) is 18.5 Å². The number of aromatic nitrogens is 2. The first-order valence-electron chi connectivity index (χ1n) is 8.00. The zero-order valence-corrected chi connectivity index (χ0v) is 18.4. The maximum atomic E-state index is 12.3. The molecule has 0 amide bonds. The molecule has 0 spiro atoms. The van der Waals surface area contributed by atoms with Crippen LogP contribution in [-0.2, 0) is 45.7 Å². The number of rotatable bonds is 8. The Labute approximate surface area is 172 Å². The minimum absolute atomic E-state index is 0.225. The molecule has 0 aliphatic carbocycles. The molecule has 17 nitrogen and oxygen atoms in total. The molecule has 6 atom stereocenters. The van der Waals surface area contributed by atoms with Crippen LogP contribution in [0.25, 0.3) is 0 Å². The second-order valence-corrected chi connectivity index (χ2v) is 10.7. The van der Waals surface area contributed by atoms with Crippen molar-refractivity contribution in [2.75, 3.05) is 6.61 Å². The Kier molecular flexibility index (Phi) is 7.68. The molecule has 1 aromatic heterocycles. The Bertz CT molecular complexity index is 1090. The number of phosphoric acid groups is 3. The summed E-state index contributed by atoms with van der Waals surface area (Å²) in [5.74, 6) is 0. The highest BCUT2D eigenvalue weighted by atomic mass is 31.3. The lowest BCUT2D eigenvalue weighted by molar-refractivity contribution is -0.0229. The van der Waals surface area contributed by atoms with Crippen molar-refractivity contribution in [3.63, 3.8) is 0 Å². The maximum Gasteiger partial charge on any atom is 0.490 e. The van der Waals surface area contributed by atoms with Crippen LogP contribution in [0.5, 0.6) is 0 Å². The molecule has 1 aromatic rings. The lowest BCUT2D eigenvalue weighted by Gasteiger charge is -2.19. The van der Waals surface area contributed by atoms with Crippen LogP contribution in [0.4, 0.5) is 0 Å². The van der Waals surface area contributed by atoms with Crippen LogP contribution in [-0.4, -0.2) is 63.8 Å². The minimum Gasteiger partial charge on any atom is -0.387 e. The predicted molar refractivity (Wildman–Crippen MR) is 96.4 cm³/mol. The van der Waals surface area contributed by atoms with Gasteiger partial charge >= 0.3 is 29.2 Å². The summed E-state index contributed by atoms with van der Waals surface area (Å²) in [4.78, 5) is 59.5. The van der Waals surface area contributed by atoms with Gasteiger partial charge < -0.3 is 39.1 Å². The molecular formula is C11H19N2O15P3. The Morgan fingerprint density at radius 1 is 1.00 bits per heavy atom. The van der Waals surface area contributed by atoms with Crippen molar-refractivity contribution in [3.05, 3.63) is 32.6 Å². The second kappa shape index (κ2) is 9.08. The van der Waals surface area contributed by atoms with Crippen LogP contribution < -0.4 is 11.2 Å². The lowest BCUT2D eigenvalue weighted by atomic mass is 10.0. The average Bonchev–Trinajstić information content (AvgIpc) is 2.86. The van der Waals surface area contributed by atoms with Gasteiger partial charge in [0.1, 0.15) is 24.4 Å². The summed E-state index contributed by atoms with van der Waals surface area (Å²) in [6, 6.07) is 0. The Morgan fingerprint density at radius 2 is 1.58 bits per heavy atom. The summed E-state index contributed by atoms with van der Waals surface area (Å²) in [6.07, 6.45) is -5.49. The number of hydrogen-bond donors (Lipinski definition) is 6. The highest BCUT2D eigenvalue weighted by molar-refractivity contribution is 7.66. The highest BCUT2D eigenvalue weighted by Gasteiger charge is 2.47. The third-order valence-electron chi connectivity index (χ3n) is 3.96. The van der Waals surface area contributed by atoms with E-state index in [1.165, 1.54) is 14.1 Å². The number of aliphatic hydroxyl groups is 2. The van der Waals surface area contributed by atoms with Crippen molar-refractivity contribution in [1.82, 2.24) is 9.13 Å². The van der Waals surface area contributed by atoms with Crippen LogP contribution in [0, 0.1) is 0 Å². The minimum atomic E-state index is -5.74. The van der Waals surface area contributed by atoms with Gasteiger partial charge in [-0.05, 0) is 0 Å². The second-order valence-electron chi connectivity index (χ2n) is 6.31. The van der Waals surface area contributed by atoms with Crippen molar-refractivity contribution in [1.29, 1.82) is 0 Å². The van der Waals surface area contributed by atoms with E-state index in [-0.39, 0.29) is 5.56 Å². The first-order valence-corrected chi connectivity index (χ1v) is 12.5. The van der Waals surface area contributed by atoms with Gasteiger partial charge in [0, 0.05) is 20.3 Å². The molecule has 1 aliphatic rings. The molecule has 0 saturated carbocycles. The van der Waals surface area contributed by atoms with E-state index in [0.717, 1.165) is 15.3 Å². The quantitative estimate of drug-likeness (QED) is 0.198. The van der Waals surface area contributed by atoms with E-state index in [9.17, 15) is 38.4 Å². The van der Waals surface area contributed by atoms with Crippen molar-refractivity contribution in [2.24, 2.45) is 14.1 Å². The Balaban J connectivity index is 2.14. The molecule has 6 unspecified atom stereocenters. The summed E-state index contributed by atoms with van der Waals surface area (Å²) >= 11 is 0. The summed E-state index contributed by atoms with van der Waals surface area (Å²) in [7, 11) is -14.3. The van der Waals surface area contributed by atoms with Crippen molar-refractivity contribution in [3.8, 4) is 0 Å². The SMILES string of the molecule is Cn1cc(C2OC(COP(=O)(O)OP(=O)(O)OP(=O)(O)O)C(O)C2O)c(=O)n(C)c1=O. The van der Waals surface area contributed by atoms with Gasteiger partial charge in [-0.1, -0.05) is 0 Å². The zero-order valence-electron chi connectivity index (χ0n) is 15.7. The third kappa shape index (κ3) is 6.49. The fraction of sp³-hybridized carbons (Fsp3) is 0.636. The summed E-state index contributed by atoms with van der Waals surface area (Å²) in [6.45, 7) is -1.04. The van der Waals surface area contributed by atoms with Crippen LogP contribution in [0.1, 0.15) is 11.7 Å². The van der Waals surface area contributed by atoms with Crippen LogP contribution in [0.15, 0.2) is 15.8 Å². The zero-order chi connectivity index (χ0) is 23.9. The molecular weight excluding hydrogens is 493 g/mol. The molecule has 1 fully saturated rings. The lowest BCUT2D eigenvalue weighted by Crippen LogP contribution is -2.40. The topological polar surface area (TPSA) is 254 Å². The summed E-state index contributed by atoms with van der Waals surface area (Å²) < 4.78 is 52.1. The molecule has 0 bridgehead atoms. The van der Waals surface area contributed by atoms with Crippen LogP contribution in [0.2, 0.25) is 0 Å². The third-order valence-corrected chi connectivity index (χ3v) is 7.76. The van der Waals surface area contributed by atoms with Gasteiger partial charge in [0.15, 0.2) is 0 Å². The molecule has 20 heteroatoms. The molecule has 2 rings (SSSR count). The fourth-order valence-corrected chi connectivity index (χ4v) is 5.68.